The Balaban J connectivity index is 2.06. The molecule has 1 unspecified atom stereocenters. The molecule has 1 aliphatic rings. The van der Waals surface area contributed by atoms with Gasteiger partial charge in [-0.1, -0.05) is 34.6 Å². The van der Waals surface area contributed by atoms with Gasteiger partial charge in [-0.25, -0.2) is 4.98 Å². The Morgan fingerprint density at radius 3 is 2.62 bits per heavy atom. The van der Waals surface area contributed by atoms with Crippen molar-refractivity contribution in [2.45, 2.75) is 53.0 Å². The van der Waals surface area contributed by atoms with Gasteiger partial charge in [-0.2, -0.15) is 0 Å². The third-order valence-corrected chi connectivity index (χ3v) is 5.42. The van der Waals surface area contributed by atoms with Crippen molar-refractivity contribution in [3.05, 3.63) is 16.1 Å². The third kappa shape index (κ3) is 3.29. The molecule has 0 spiro atoms. The fraction of sp³-hybridized carbons (Fsp3) is 0.750. The second kappa shape index (κ2) is 5.69. The minimum Gasteiger partial charge on any atom is -0.481 e. The summed E-state index contributed by atoms with van der Waals surface area (Å²) >= 11 is 1.68. The monoisotopic (exact) mass is 310 g/mol. The SMILES string of the molecule is CC(C)C1(C(=O)O)CCN(Cc2nc(C(C)(C)C)cs2)C1. The third-order valence-electron chi connectivity index (χ3n) is 4.59. The summed E-state index contributed by atoms with van der Waals surface area (Å²) in [6, 6.07) is 0. The normalized spacial score (nSPS) is 23.9. The van der Waals surface area contributed by atoms with E-state index in [1.54, 1.807) is 11.3 Å². The van der Waals surface area contributed by atoms with E-state index >= 15 is 0 Å². The topological polar surface area (TPSA) is 53.4 Å². The second-order valence-corrected chi connectivity index (χ2v) is 8.40. The molecule has 1 N–H and O–H groups in total. The Morgan fingerprint density at radius 1 is 1.52 bits per heavy atom. The highest BCUT2D eigenvalue weighted by Gasteiger charge is 2.47. The van der Waals surface area contributed by atoms with Gasteiger partial charge in [0.1, 0.15) is 5.01 Å². The van der Waals surface area contributed by atoms with Crippen LogP contribution in [0.4, 0.5) is 0 Å². The van der Waals surface area contributed by atoms with E-state index in [0.717, 1.165) is 30.2 Å². The van der Waals surface area contributed by atoms with Crippen molar-refractivity contribution in [3.8, 4) is 0 Å². The van der Waals surface area contributed by atoms with Gasteiger partial charge in [0.05, 0.1) is 17.7 Å². The van der Waals surface area contributed by atoms with Gasteiger partial charge >= 0.3 is 5.97 Å². The number of carboxylic acids is 1. The Morgan fingerprint density at radius 2 is 2.19 bits per heavy atom. The first-order chi connectivity index (χ1) is 9.65. The Hall–Kier alpha value is -0.940. The van der Waals surface area contributed by atoms with Crippen molar-refractivity contribution in [1.82, 2.24) is 9.88 Å². The number of carbonyl (C=O) groups is 1. The highest BCUT2D eigenvalue weighted by Crippen LogP contribution is 2.39. The number of carboxylic acid groups (broad SMARTS) is 1. The van der Waals surface area contributed by atoms with E-state index in [9.17, 15) is 9.90 Å². The molecule has 21 heavy (non-hydrogen) atoms. The maximum absolute atomic E-state index is 11.7. The summed E-state index contributed by atoms with van der Waals surface area (Å²) in [5, 5.41) is 12.8. The van der Waals surface area contributed by atoms with Gasteiger partial charge in [0.25, 0.3) is 0 Å². The molecule has 1 aromatic heterocycles. The first kappa shape index (κ1) is 16.4. The summed E-state index contributed by atoms with van der Waals surface area (Å²) in [4.78, 5) is 18.6. The summed E-state index contributed by atoms with van der Waals surface area (Å²) in [5.41, 5.74) is 0.599. The quantitative estimate of drug-likeness (QED) is 0.926. The Kier molecular flexibility index (Phi) is 4.45. The molecule has 0 bridgehead atoms. The lowest BCUT2D eigenvalue weighted by Gasteiger charge is -2.28. The Bertz CT molecular complexity index is 519. The van der Waals surface area contributed by atoms with Crippen LogP contribution in [-0.4, -0.2) is 34.0 Å². The van der Waals surface area contributed by atoms with Gasteiger partial charge in [0, 0.05) is 17.3 Å². The van der Waals surface area contributed by atoms with E-state index in [1.807, 2.05) is 13.8 Å². The zero-order chi connectivity index (χ0) is 15.8. The molecule has 2 heterocycles. The molecule has 1 atom stereocenters. The number of nitrogens with zero attached hydrogens (tertiary/aromatic N) is 2. The maximum atomic E-state index is 11.7. The van der Waals surface area contributed by atoms with Crippen molar-refractivity contribution < 1.29 is 9.90 Å². The molecule has 0 amide bonds. The summed E-state index contributed by atoms with van der Waals surface area (Å²) in [6.45, 7) is 12.8. The van der Waals surface area contributed by atoms with E-state index in [1.165, 1.54) is 0 Å². The van der Waals surface area contributed by atoms with Crippen LogP contribution >= 0.6 is 11.3 Å². The van der Waals surface area contributed by atoms with E-state index in [4.69, 9.17) is 4.98 Å². The lowest BCUT2D eigenvalue weighted by atomic mass is 9.76. The standard InChI is InChI=1S/C16H26N2O2S/c1-11(2)16(14(19)20)6-7-18(10-16)8-13-17-12(9-21-13)15(3,4)5/h9,11H,6-8,10H2,1-5H3,(H,19,20). The summed E-state index contributed by atoms with van der Waals surface area (Å²) in [7, 11) is 0. The van der Waals surface area contributed by atoms with Crippen LogP contribution in [0.5, 0.6) is 0 Å². The van der Waals surface area contributed by atoms with E-state index in [-0.39, 0.29) is 11.3 Å². The van der Waals surface area contributed by atoms with Crippen LogP contribution in [0.25, 0.3) is 0 Å². The van der Waals surface area contributed by atoms with E-state index in [0.29, 0.717) is 6.54 Å². The highest BCUT2D eigenvalue weighted by atomic mass is 32.1. The second-order valence-electron chi connectivity index (χ2n) is 7.45. The minimum absolute atomic E-state index is 0.0719. The van der Waals surface area contributed by atoms with Crippen LogP contribution in [0, 0.1) is 11.3 Å². The van der Waals surface area contributed by atoms with Gasteiger partial charge in [-0.15, -0.1) is 11.3 Å². The van der Waals surface area contributed by atoms with Gasteiger partial charge in [-0.3, -0.25) is 9.69 Å². The van der Waals surface area contributed by atoms with Gasteiger partial charge in [0.2, 0.25) is 0 Å². The molecular weight excluding hydrogens is 284 g/mol. The lowest BCUT2D eigenvalue weighted by Crippen LogP contribution is -2.39. The van der Waals surface area contributed by atoms with E-state index < -0.39 is 11.4 Å². The maximum Gasteiger partial charge on any atom is 0.311 e. The molecule has 118 valence electrons. The van der Waals surface area contributed by atoms with Crippen LogP contribution in [-0.2, 0) is 16.8 Å². The zero-order valence-corrected chi connectivity index (χ0v) is 14.5. The fourth-order valence-electron chi connectivity index (χ4n) is 2.86. The van der Waals surface area contributed by atoms with Crippen molar-refractivity contribution in [3.63, 3.8) is 0 Å². The average Bonchev–Trinajstić information content (AvgIpc) is 2.96. The lowest BCUT2D eigenvalue weighted by molar-refractivity contribution is -0.151. The van der Waals surface area contributed by atoms with Crippen molar-refractivity contribution in [2.24, 2.45) is 11.3 Å². The molecule has 2 rings (SSSR count). The average molecular weight is 310 g/mol. The number of hydrogen-bond acceptors (Lipinski definition) is 4. The molecule has 5 heteroatoms. The smallest absolute Gasteiger partial charge is 0.311 e. The molecule has 1 aliphatic heterocycles. The van der Waals surface area contributed by atoms with Gasteiger partial charge < -0.3 is 5.11 Å². The number of likely N-dealkylation sites (tertiary alicyclic amines) is 1. The molecule has 1 fully saturated rings. The largest absolute Gasteiger partial charge is 0.481 e. The molecule has 1 aromatic rings. The van der Waals surface area contributed by atoms with Crippen molar-refractivity contribution >= 4 is 17.3 Å². The molecular formula is C16H26N2O2S. The number of aliphatic carboxylic acids is 1. The molecule has 0 radical (unpaired) electrons. The van der Waals surface area contributed by atoms with Crippen LogP contribution in [0.3, 0.4) is 0 Å². The number of hydrogen-bond donors (Lipinski definition) is 1. The Labute approximate surface area is 131 Å². The zero-order valence-electron chi connectivity index (χ0n) is 13.6. The number of thiazole rings is 1. The predicted molar refractivity (Wildman–Crippen MR) is 85.6 cm³/mol. The van der Waals surface area contributed by atoms with Crippen LogP contribution in [0.1, 0.15) is 51.7 Å². The fourth-order valence-corrected chi connectivity index (χ4v) is 3.92. The summed E-state index contributed by atoms with van der Waals surface area (Å²) < 4.78 is 0. The minimum atomic E-state index is -0.658. The van der Waals surface area contributed by atoms with E-state index in [2.05, 4.69) is 31.1 Å². The van der Waals surface area contributed by atoms with Crippen molar-refractivity contribution in [2.75, 3.05) is 13.1 Å². The molecule has 0 aromatic carbocycles. The predicted octanol–water partition coefficient (Wildman–Crippen LogP) is 3.37. The van der Waals surface area contributed by atoms with Gasteiger partial charge in [-0.05, 0) is 18.9 Å². The van der Waals surface area contributed by atoms with Crippen LogP contribution in [0.15, 0.2) is 5.38 Å². The molecule has 4 nitrogen and oxygen atoms in total. The first-order valence-electron chi connectivity index (χ1n) is 7.56. The number of aromatic nitrogens is 1. The summed E-state index contributed by atoms with van der Waals surface area (Å²) in [5.74, 6) is -0.504. The molecule has 0 aliphatic carbocycles. The summed E-state index contributed by atoms with van der Waals surface area (Å²) in [6.07, 6.45) is 0.734. The first-order valence-corrected chi connectivity index (χ1v) is 8.44. The van der Waals surface area contributed by atoms with Gasteiger partial charge in [0.15, 0.2) is 0 Å². The molecule has 0 saturated carbocycles. The van der Waals surface area contributed by atoms with Crippen LogP contribution < -0.4 is 0 Å². The highest BCUT2D eigenvalue weighted by molar-refractivity contribution is 7.09. The van der Waals surface area contributed by atoms with Crippen LogP contribution in [0.2, 0.25) is 0 Å². The number of rotatable bonds is 4. The van der Waals surface area contributed by atoms with Crippen molar-refractivity contribution in [1.29, 1.82) is 0 Å². The molecule has 1 saturated heterocycles.